The third-order valence-electron chi connectivity index (χ3n) is 1.88. The smallest absolute Gasteiger partial charge is 0.322 e. The standard InChI is InChI=1S/C10H11FINO2/c1-15-10(14)9(13)4-6-2-7(11)5-8(12)3-6/h2-3,5,9H,4,13H2,1H3. The first kappa shape index (κ1) is 12.4. The predicted molar refractivity (Wildman–Crippen MR) is 62.8 cm³/mol. The summed E-state index contributed by atoms with van der Waals surface area (Å²) >= 11 is 2.01. The van der Waals surface area contributed by atoms with Crippen LogP contribution in [0, 0.1) is 9.39 Å². The monoisotopic (exact) mass is 323 g/mol. The van der Waals surface area contributed by atoms with E-state index in [9.17, 15) is 9.18 Å². The molecule has 0 aliphatic carbocycles. The van der Waals surface area contributed by atoms with Gasteiger partial charge in [0.25, 0.3) is 0 Å². The van der Waals surface area contributed by atoms with E-state index in [4.69, 9.17) is 5.73 Å². The van der Waals surface area contributed by atoms with Crippen LogP contribution in [0.25, 0.3) is 0 Å². The molecule has 5 heteroatoms. The van der Waals surface area contributed by atoms with Crippen molar-refractivity contribution >= 4 is 28.6 Å². The molecule has 0 radical (unpaired) electrons. The molecule has 0 aliphatic rings. The van der Waals surface area contributed by atoms with E-state index in [-0.39, 0.29) is 12.2 Å². The molecule has 1 aromatic carbocycles. The summed E-state index contributed by atoms with van der Waals surface area (Å²) in [5, 5.41) is 0. The molecule has 15 heavy (non-hydrogen) atoms. The fourth-order valence-corrected chi connectivity index (χ4v) is 1.91. The van der Waals surface area contributed by atoms with Crippen LogP contribution in [-0.2, 0) is 16.0 Å². The van der Waals surface area contributed by atoms with Crippen molar-refractivity contribution in [2.45, 2.75) is 12.5 Å². The van der Waals surface area contributed by atoms with E-state index >= 15 is 0 Å². The maximum absolute atomic E-state index is 13.0. The van der Waals surface area contributed by atoms with E-state index in [1.807, 2.05) is 22.6 Å². The Morgan fingerprint density at radius 2 is 2.27 bits per heavy atom. The Balaban J connectivity index is 2.76. The number of nitrogens with two attached hydrogens (primary N) is 1. The zero-order valence-corrected chi connectivity index (χ0v) is 10.3. The van der Waals surface area contributed by atoms with Gasteiger partial charge >= 0.3 is 5.97 Å². The molecule has 0 amide bonds. The highest BCUT2D eigenvalue weighted by atomic mass is 127. The van der Waals surface area contributed by atoms with E-state index in [1.165, 1.54) is 19.2 Å². The number of ether oxygens (including phenoxy) is 1. The molecule has 1 aromatic rings. The summed E-state index contributed by atoms with van der Waals surface area (Å²) in [6.07, 6.45) is 0.278. The normalized spacial score (nSPS) is 12.3. The molecule has 1 rings (SSSR count). The third-order valence-corrected chi connectivity index (χ3v) is 2.50. The van der Waals surface area contributed by atoms with Crippen LogP contribution in [0.3, 0.4) is 0 Å². The number of hydrogen-bond acceptors (Lipinski definition) is 3. The van der Waals surface area contributed by atoms with Crippen LogP contribution in [-0.4, -0.2) is 19.1 Å². The van der Waals surface area contributed by atoms with Gasteiger partial charge in [-0.05, 0) is 52.8 Å². The third kappa shape index (κ3) is 3.75. The van der Waals surface area contributed by atoms with Gasteiger partial charge in [-0.15, -0.1) is 0 Å². The van der Waals surface area contributed by atoms with Crippen LogP contribution in [0.2, 0.25) is 0 Å². The van der Waals surface area contributed by atoms with Gasteiger partial charge in [-0.1, -0.05) is 0 Å². The lowest BCUT2D eigenvalue weighted by Crippen LogP contribution is -2.33. The minimum atomic E-state index is -0.743. The van der Waals surface area contributed by atoms with Crippen molar-refractivity contribution < 1.29 is 13.9 Å². The number of carbonyl (C=O) groups is 1. The van der Waals surface area contributed by atoms with Gasteiger partial charge in [0.15, 0.2) is 0 Å². The largest absolute Gasteiger partial charge is 0.468 e. The Kier molecular flexibility index (Phi) is 4.46. The average molecular weight is 323 g/mol. The maximum Gasteiger partial charge on any atom is 0.322 e. The van der Waals surface area contributed by atoms with Gasteiger partial charge in [-0.2, -0.15) is 0 Å². The molecule has 3 nitrogen and oxygen atoms in total. The molecular weight excluding hydrogens is 312 g/mol. The van der Waals surface area contributed by atoms with Gasteiger partial charge in [0.05, 0.1) is 7.11 Å². The van der Waals surface area contributed by atoms with Gasteiger partial charge < -0.3 is 10.5 Å². The molecule has 0 heterocycles. The lowest BCUT2D eigenvalue weighted by Gasteiger charge is -2.09. The fraction of sp³-hybridized carbons (Fsp3) is 0.300. The molecule has 1 unspecified atom stereocenters. The van der Waals surface area contributed by atoms with Crippen LogP contribution in [0.15, 0.2) is 18.2 Å². The first-order valence-electron chi connectivity index (χ1n) is 4.31. The van der Waals surface area contributed by atoms with Crippen molar-refractivity contribution in [3.05, 3.63) is 33.1 Å². The minimum absolute atomic E-state index is 0.278. The Bertz CT molecular complexity index is 350. The van der Waals surface area contributed by atoms with E-state index in [1.54, 1.807) is 6.07 Å². The van der Waals surface area contributed by atoms with Crippen LogP contribution >= 0.6 is 22.6 Å². The number of benzene rings is 1. The average Bonchev–Trinajstić information content (AvgIpc) is 2.14. The summed E-state index contributed by atoms with van der Waals surface area (Å²) in [6.45, 7) is 0. The molecule has 0 fully saturated rings. The predicted octanol–water partition coefficient (Wildman–Crippen LogP) is 1.47. The Labute approximate surface area is 101 Å². The van der Waals surface area contributed by atoms with E-state index in [0.717, 1.165) is 3.57 Å². The molecule has 82 valence electrons. The van der Waals surface area contributed by atoms with Gasteiger partial charge in [0.2, 0.25) is 0 Å². The van der Waals surface area contributed by atoms with Gasteiger partial charge in [-0.25, -0.2) is 4.39 Å². The van der Waals surface area contributed by atoms with Crippen molar-refractivity contribution in [3.8, 4) is 0 Å². The van der Waals surface area contributed by atoms with Gasteiger partial charge in [0, 0.05) is 3.57 Å². The zero-order chi connectivity index (χ0) is 11.4. The van der Waals surface area contributed by atoms with Crippen molar-refractivity contribution in [1.82, 2.24) is 0 Å². The lowest BCUT2D eigenvalue weighted by molar-refractivity contribution is -0.142. The summed E-state index contributed by atoms with van der Waals surface area (Å²) in [5.74, 6) is -0.816. The van der Waals surface area contributed by atoms with Crippen LogP contribution < -0.4 is 5.73 Å². The summed E-state index contributed by atoms with van der Waals surface area (Å²) < 4.78 is 18.3. The quantitative estimate of drug-likeness (QED) is 0.677. The molecule has 0 saturated carbocycles. The molecule has 0 aromatic heterocycles. The van der Waals surface area contributed by atoms with Crippen molar-refractivity contribution in [1.29, 1.82) is 0 Å². The lowest BCUT2D eigenvalue weighted by atomic mass is 10.1. The van der Waals surface area contributed by atoms with Crippen LogP contribution in [0.5, 0.6) is 0 Å². The van der Waals surface area contributed by atoms with E-state index in [0.29, 0.717) is 5.56 Å². The van der Waals surface area contributed by atoms with Crippen molar-refractivity contribution in [2.75, 3.05) is 7.11 Å². The molecular formula is C10H11FINO2. The first-order valence-corrected chi connectivity index (χ1v) is 5.39. The Hall–Kier alpha value is -0.690. The number of carbonyl (C=O) groups excluding carboxylic acids is 1. The fourth-order valence-electron chi connectivity index (χ4n) is 1.22. The SMILES string of the molecule is COC(=O)C(N)Cc1cc(F)cc(I)c1. The molecule has 2 N–H and O–H groups in total. The molecule has 0 spiro atoms. The van der Waals surface area contributed by atoms with Crippen LogP contribution in [0.4, 0.5) is 4.39 Å². The highest BCUT2D eigenvalue weighted by Crippen LogP contribution is 2.12. The van der Waals surface area contributed by atoms with Gasteiger partial charge in [0.1, 0.15) is 11.9 Å². The highest BCUT2D eigenvalue weighted by Gasteiger charge is 2.14. The number of halogens is 2. The number of esters is 1. The zero-order valence-electron chi connectivity index (χ0n) is 8.17. The van der Waals surface area contributed by atoms with E-state index < -0.39 is 12.0 Å². The van der Waals surface area contributed by atoms with Crippen LogP contribution in [0.1, 0.15) is 5.56 Å². The van der Waals surface area contributed by atoms with Gasteiger partial charge in [-0.3, -0.25) is 4.79 Å². The highest BCUT2D eigenvalue weighted by molar-refractivity contribution is 14.1. The second-order valence-corrected chi connectivity index (χ2v) is 4.36. The van der Waals surface area contributed by atoms with Crippen molar-refractivity contribution in [3.63, 3.8) is 0 Å². The van der Waals surface area contributed by atoms with E-state index in [2.05, 4.69) is 4.74 Å². The summed E-state index contributed by atoms with van der Waals surface area (Å²) in [5.41, 5.74) is 6.25. The number of rotatable bonds is 3. The molecule has 0 saturated heterocycles. The minimum Gasteiger partial charge on any atom is -0.468 e. The maximum atomic E-state index is 13.0. The molecule has 0 aliphatic heterocycles. The summed E-state index contributed by atoms with van der Waals surface area (Å²) in [4.78, 5) is 11.0. The molecule has 0 bridgehead atoms. The second kappa shape index (κ2) is 5.41. The topological polar surface area (TPSA) is 52.3 Å². The first-order chi connectivity index (χ1) is 7.02. The summed E-state index contributed by atoms with van der Waals surface area (Å²) in [7, 11) is 1.28. The summed E-state index contributed by atoms with van der Waals surface area (Å²) in [6, 6.07) is 3.82. The second-order valence-electron chi connectivity index (χ2n) is 3.11. The number of methoxy groups -OCH3 is 1. The number of hydrogen-bond donors (Lipinski definition) is 1. The van der Waals surface area contributed by atoms with Crippen molar-refractivity contribution in [2.24, 2.45) is 5.73 Å². The Morgan fingerprint density at radius 1 is 1.60 bits per heavy atom. The molecule has 1 atom stereocenters. The Morgan fingerprint density at radius 3 is 2.80 bits per heavy atom.